The number of halogens is 3. The minimum Gasteiger partial charge on any atom is -0.327 e. The van der Waals surface area contributed by atoms with Gasteiger partial charge in [-0.3, -0.25) is 0 Å². The number of nitrogens with two attached hydrogens (primary N) is 1. The van der Waals surface area contributed by atoms with Gasteiger partial charge in [-0.05, 0) is 24.1 Å². The van der Waals surface area contributed by atoms with Gasteiger partial charge in [0.1, 0.15) is 5.82 Å². The van der Waals surface area contributed by atoms with Gasteiger partial charge in [0, 0.05) is 12.0 Å². The normalized spacial score (nSPS) is 25.2. The Kier molecular flexibility index (Phi) is 3.17. The predicted molar refractivity (Wildman–Crippen MR) is 54.0 cm³/mol. The molecule has 13 heavy (non-hydrogen) atoms. The molecule has 1 aromatic carbocycles. The van der Waals surface area contributed by atoms with E-state index in [1.807, 2.05) is 0 Å². The molecule has 0 unspecified atom stereocenters. The van der Waals surface area contributed by atoms with Crippen molar-refractivity contribution in [1.29, 1.82) is 0 Å². The zero-order valence-electron chi connectivity index (χ0n) is 6.84. The zero-order chi connectivity index (χ0) is 8.72. The van der Waals surface area contributed by atoms with Crippen molar-refractivity contribution in [2.24, 2.45) is 5.73 Å². The molecule has 0 spiro atoms. The first-order chi connectivity index (χ1) is 5.68. The number of rotatable bonds is 1. The summed E-state index contributed by atoms with van der Waals surface area (Å²) in [6.07, 6.45) is 0.988. The van der Waals surface area contributed by atoms with Gasteiger partial charge in [0.25, 0.3) is 0 Å². The SMILES string of the molecule is Cl.N[C@H]1C[C@@H]1c1ccc(F)c(Cl)c1. The molecule has 1 fully saturated rings. The highest BCUT2D eigenvalue weighted by atomic mass is 35.5. The molecule has 1 aliphatic carbocycles. The molecule has 72 valence electrons. The molecule has 1 aliphatic rings. The lowest BCUT2D eigenvalue weighted by Gasteiger charge is -1.99. The van der Waals surface area contributed by atoms with Crippen LogP contribution in [0.5, 0.6) is 0 Å². The predicted octanol–water partition coefficient (Wildman–Crippen LogP) is 2.72. The Labute approximate surface area is 87.5 Å². The molecule has 2 rings (SSSR count). The summed E-state index contributed by atoms with van der Waals surface area (Å²) in [6.45, 7) is 0. The summed E-state index contributed by atoms with van der Waals surface area (Å²) in [5.41, 5.74) is 6.70. The van der Waals surface area contributed by atoms with Gasteiger partial charge in [-0.15, -0.1) is 12.4 Å². The van der Waals surface area contributed by atoms with E-state index in [9.17, 15) is 4.39 Å². The standard InChI is InChI=1S/C9H9ClFN.ClH/c10-7-3-5(1-2-8(7)11)6-4-9(6)12;/h1-3,6,9H,4,12H2;1H/t6-,9+;/m1./s1. The quantitative estimate of drug-likeness (QED) is 0.776. The summed E-state index contributed by atoms with van der Waals surface area (Å²) in [7, 11) is 0. The Morgan fingerprint density at radius 2 is 2.08 bits per heavy atom. The second-order valence-electron chi connectivity index (χ2n) is 3.18. The zero-order valence-corrected chi connectivity index (χ0v) is 8.41. The summed E-state index contributed by atoms with van der Waals surface area (Å²) in [5.74, 6) is 0.0257. The Morgan fingerprint density at radius 1 is 1.46 bits per heavy atom. The largest absolute Gasteiger partial charge is 0.327 e. The van der Waals surface area contributed by atoms with E-state index in [4.69, 9.17) is 17.3 Å². The summed E-state index contributed by atoms with van der Waals surface area (Å²) in [5, 5.41) is 0.187. The fourth-order valence-electron chi connectivity index (χ4n) is 1.34. The van der Waals surface area contributed by atoms with Crippen LogP contribution < -0.4 is 5.73 Å². The smallest absolute Gasteiger partial charge is 0.141 e. The first-order valence-electron chi connectivity index (χ1n) is 3.89. The minimum absolute atomic E-state index is 0. The van der Waals surface area contributed by atoms with E-state index in [1.165, 1.54) is 6.07 Å². The molecular formula is C9H10Cl2FN. The molecule has 1 aromatic rings. The van der Waals surface area contributed by atoms with E-state index in [-0.39, 0.29) is 29.3 Å². The van der Waals surface area contributed by atoms with Gasteiger partial charge in [0.05, 0.1) is 5.02 Å². The summed E-state index contributed by atoms with van der Waals surface area (Å²) in [6, 6.07) is 5.04. The fourth-order valence-corrected chi connectivity index (χ4v) is 1.53. The van der Waals surface area contributed by atoms with E-state index in [0.717, 1.165) is 12.0 Å². The Morgan fingerprint density at radius 3 is 2.54 bits per heavy atom. The number of hydrogen-bond donors (Lipinski definition) is 1. The van der Waals surface area contributed by atoms with Crippen molar-refractivity contribution in [2.45, 2.75) is 18.4 Å². The van der Waals surface area contributed by atoms with Crippen LogP contribution in [-0.2, 0) is 0 Å². The van der Waals surface area contributed by atoms with Crippen molar-refractivity contribution in [2.75, 3.05) is 0 Å². The molecule has 0 bridgehead atoms. The lowest BCUT2D eigenvalue weighted by molar-refractivity contribution is 0.627. The lowest BCUT2D eigenvalue weighted by Crippen LogP contribution is -2.00. The Balaban J connectivity index is 0.000000845. The Bertz CT molecular complexity index is 316. The maximum absolute atomic E-state index is 12.7. The highest BCUT2D eigenvalue weighted by Crippen LogP contribution is 2.39. The molecule has 1 nitrogen and oxygen atoms in total. The maximum Gasteiger partial charge on any atom is 0.141 e. The van der Waals surface area contributed by atoms with Gasteiger partial charge in [0.2, 0.25) is 0 Å². The molecule has 2 atom stereocenters. The molecule has 4 heteroatoms. The topological polar surface area (TPSA) is 26.0 Å². The van der Waals surface area contributed by atoms with Gasteiger partial charge >= 0.3 is 0 Å². The third-order valence-electron chi connectivity index (χ3n) is 2.21. The van der Waals surface area contributed by atoms with Crippen LogP contribution in [0.25, 0.3) is 0 Å². The third kappa shape index (κ3) is 2.13. The molecular weight excluding hydrogens is 212 g/mol. The summed E-state index contributed by atoms with van der Waals surface area (Å²) < 4.78 is 12.7. The van der Waals surface area contributed by atoms with Crippen LogP contribution in [0, 0.1) is 5.82 Å². The third-order valence-corrected chi connectivity index (χ3v) is 2.50. The van der Waals surface area contributed by atoms with Crippen molar-refractivity contribution in [3.63, 3.8) is 0 Å². The lowest BCUT2D eigenvalue weighted by atomic mass is 10.1. The average molecular weight is 222 g/mol. The van der Waals surface area contributed by atoms with E-state index >= 15 is 0 Å². The summed E-state index contributed by atoms with van der Waals surface area (Å²) >= 11 is 5.62. The highest BCUT2D eigenvalue weighted by molar-refractivity contribution is 6.30. The number of hydrogen-bond acceptors (Lipinski definition) is 1. The first kappa shape index (κ1) is 10.8. The van der Waals surface area contributed by atoms with Crippen LogP contribution in [0.2, 0.25) is 5.02 Å². The molecule has 1 saturated carbocycles. The molecule has 0 radical (unpaired) electrons. The van der Waals surface area contributed by atoms with Crippen LogP contribution in [0.15, 0.2) is 18.2 Å². The van der Waals surface area contributed by atoms with Crippen LogP contribution in [-0.4, -0.2) is 6.04 Å². The average Bonchev–Trinajstić information content (AvgIpc) is 2.73. The van der Waals surface area contributed by atoms with Crippen molar-refractivity contribution >= 4 is 24.0 Å². The maximum atomic E-state index is 12.7. The van der Waals surface area contributed by atoms with Crippen LogP contribution in [0.4, 0.5) is 4.39 Å². The van der Waals surface area contributed by atoms with Crippen LogP contribution in [0.1, 0.15) is 17.9 Å². The molecule has 0 heterocycles. The molecule has 0 aliphatic heterocycles. The molecule has 0 amide bonds. The van der Waals surface area contributed by atoms with Gasteiger partial charge in [-0.1, -0.05) is 17.7 Å². The second-order valence-corrected chi connectivity index (χ2v) is 3.59. The van der Waals surface area contributed by atoms with Gasteiger partial charge in [-0.25, -0.2) is 4.39 Å². The highest BCUT2D eigenvalue weighted by Gasteiger charge is 2.34. The molecule has 0 aromatic heterocycles. The van der Waals surface area contributed by atoms with Crippen molar-refractivity contribution in [3.8, 4) is 0 Å². The fraction of sp³-hybridized carbons (Fsp3) is 0.333. The first-order valence-corrected chi connectivity index (χ1v) is 4.27. The van der Waals surface area contributed by atoms with Gasteiger partial charge < -0.3 is 5.73 Å². The Hall–Kier alpha value is -0.310. The van der Waals surface area contributed by atoms with Crippen molar-refractivity contribution in [1.82, 2.24) is 0 Å². The van der Waals surface area contributed by atoms with E-state index in [0.29, 0.717) is 5.92 Å². The summed E-state index contributed by atoms with van der Waals surface area (Å²) in [4.78, 5) is 0. The van der Waals surface area contributed by atoms with Gasteiger partial charge in [-0.2, -0.15) is 0 Å². The molecule has 2 N–H and O–H groups in total. The van der Waals surface area contributed by atoms with Crippen molar-refractivity contribution < 1.29 is 4.39 Å². The van der Waals surface area contributed by atoms with Crippen LogP contribution >= 0.6 is 24.0 Å². The van der Waals surface area contributed by atoms with E-state index in [2.05, 4.69) is 0 Å². The van der Waals surface area contributed by atoms with Gasteiger partial charge in [0.15, 0.2) is 0 Å². The second kappa shape index (κ2) is 3.82. The van der Waals surface area contributed by atoms with Crippen LogP contribution in [0.3, 0.4) is 0 Å². The number of benzene rings is 1. The monoisotopic (exact) mass is 221 g/mol. The minimum atomic E-state index is -0.366. The van der Waals surface area contributed by atoms with E-state index < -0.39 is 0 Å². The molecule has 0 saturated heterocycles. The van der Waals surface area contributed by atoms with Crippen molar-refractivity contribution in [3.05, 3.63) is 34.6 Å². The van der Waals surface area contributed by atoms with E-state index in [1.54, 1.807) is 12.1 Å².